The highest BCUT2D eigenvalue weighted by Gasteiger charge is 2.70. The number of carboxylic acids is 1. The third-order valence-corrected chi connectivity index (χ3v) is 6.93. The van der Waals surface area contributed by atoms with E-state index in [1.54, 1.807) is 0 Å². The molecule has 5 heteroatoms. The number of carboxylic acid groups (broad SMARTS) is 1. The van der Waals surface area contributed by atoms with Gasteiger partial charge in [-0.3, -0.25) is 9.59 Å². The smallest absolute Gasteiger partial charge is 0.312 e. The number of rotatable bonds is 3. The van der Waals surface area contributed by atoms with E-state index >= 15 is 0 Å². The molecule has 6 rings (SSSR count). The van der Waals surface area contributed by atoms with Crippen LogP contribution in [0.2, 0.25) is 0 Å². The lowest BCUT2D eigenvalue weighted by Gasteiger charge is -2.60. The summed E-state index contributed by atoms with van der Waals surface area (Å²) in [6.07, 6.45) is 2.73. The first-order valence-electron chi connectivity index (χ1n) is 8.07. The fourth-order valence-corrected chi connectivity index (χ4v) is 5.13. The first kappa shape index (κ1) is 14.2. The van der Waals surface area contributed by atoms with Crippen LogP contribution < -0.4 is 5.32 Å². The number of carbonyl (C=O) groups is 2. The van der Waals surface area contributed by atoms with Crippen LogP contribution in [-0.4, -0.2) is 35.2 Å². The van der Waals surface area contributed by atoms with Gasteiger partial charge >= 0.3 is 5.97 Å². The van der Waals surface area contributed by atoms with Gasteiger partial charge in [-0.1, -0.05) is 26.0 Å². The van der Waals surface area contributed by atoms with Crippen molar-refractivity contribution in [1.29, 1.82) is 0 Å². The summed E-state index contributed by atoms with van der Waals surface area (Å²) in [7, 11) is 0. The molecule has 22 heavy (non-hydrogen) atoms. The first-order valence-corrected chi connectivity index (χ1v) is 8.07. The summed E-state index contributed by atoms with van der Waals surface area (Å²) in [5.74, 6) is 0.124. The molecular weight excluding hydrogens is 282 g/mol. The number of nitrogens with one attached hydrogen (secondary N) is 1. The second-order valence-corrected chi connectivity index (χ2v) is 8.37. The average molecular weight is 305 g/mol. The fourth-order valence-electron chi connectivity index (χ4n) is 5.13. The summed E-state index contributed by atoms with van der Waals surface area (Å²) in [5.41, 5.74) is -0.310. The van der Waals surface area contributed by atoms with Crippen molar-refractivity contribution in [2.45, 2.75) is 51.2 Å². The van der Waals surface area contributed by atoms with Crippen LogP contribution in [0.3, 0.4) is 0 Å². The van der Waals surface area contributed by atoms with Crippen LogP contribution in [0.25, 0.3) is 0 Å². The minimum atomic E-state index is -0.907. The van der Waals surface area contributed by atoms with Gasteiger partial charge in [0, 0.05) is 12.8 Å². The lowest BCUT2D eigenvalue weighted by Crippen LogP contribution is -2.62. The van der Waals surface area contributed by atoms with Crippen molar-refractivity contribution < 1.29 is 19.4 Å². The molecular formula is C17H23NO4. The number of amides is 1. The SMILES string of the molecule is C=C1C(NC(=O)C23CC(C(=O)O)(CO2)C3)C[C@H]2C[C@@H]1C2(C)C. The zero-order valence-electron chi connectivity index (χ0n) is 13.1. The highest BCUT2D eigenvalue weighted by Crippen LogP contribution is 2.61. The molecule has 6 aliphatic rings. The number of hydrogen-bond acceptors (Lipinski definition) is 3. The van der Waals surface area contributed by atoms with Crippen LogP contribution in [0, 0.1) is 22.7 Å². The predicted molar refractivity (Wildman–Crippen MR) is 79.1 cm³/mol. The number of fused-ring (bicyclic) bond motifs is 3. The van der Waals surface area contributed by atoms with Gasteiger partial charge in [0.25, 0.3) is 5.91 Å². The third kappa shape index (κ3) is 1.53. The molecule has 0 aromatic heterocycles. The number of hydrogen-bond donors (Lipinski definition) is 2. The predicted octanol–water partition coefficient (Wildman–Crippen LogP) is 1.73. The summed E-state index contributed by atoms with van der Waals surface area (Å²) >= 11 is 0. The Balaban J connectivity index is 1.43. The lowest BCUT2D eigenvalue weighted by molar-refractivity contribution is -0.159. The van der Waals surface area contributed by atoms with Crippen molar-refractivity contribution in [2.24, 2.45) is 22.7 Å². The van der Waals surface area contributed by atoms with Crippen molar-refractivity contribution in [2.75, 3.05) is 6.61 Å². The van der Waals surface area contributed by atoms with Crippen LogP contribution in [0.4, 0.5) is 0 Å². The molecule has 120 valence electrons. The summed E-state index contributed by atoms with van der Waals surface area (Å²) in [4.78, 5) is 23.9. The molecule has 1 amide bonds. The van der Waals surface area contributed by atoms with Crippen LogP contribution >= 0.6 is 0 Å². The molecule has 0 spiro atoms. The largest absolute Gasteiger partial charge is 0.481 e. The fraction of sp³-hybridized carbons (Fsp3) is 0.765. The van der Waals surface area contributed by atoms with Crippen molar-refractivity contribution in [3.05, 3.63) is 12.2 Å². The Labute approximate surface area is 130 Å². The normalized spacial score (nSPS) is 47.4. The first-order chi connectivity index (χ1) is 10.2. The molecule has 0 aromatic carbocycles. The van der Waals surface area contributed by atoms with Crippen molar-refractivity contribution in [1.82, 2.24) is 5.32 Å². The second kappa shape index (κ2) is 3.94. The van der Waals surface area contributed by atoms with Crippen LogP contribution in [-0.2, 0) is 14.3 Å². The number of ether oxygens (including phenoxy) is 1. The molecule has 0 aromatic rings. The van der Waals surface area contributed by atoms with Gasteiger partial charge in [0.05, 0.1) is 18.1 Å². The molecule has 6 fully saturated rings. The molecule has 4 aliphatic carbocycles. The molecule has 2 aliphatic heterocycles. The third-order valence-electron chi connectivity index (χ3n) is 6.93. The summed E-state index contributed by atoms with van der Waals surface area (Å²) in [6.45, 7) is 8.93. The Hall–Kier alpha value is -1.36. The van der Waals surface area contributed by atoms with Crippen molar-refractivity contribution >= 4 is 11.9 Å². The van der Waals surface area contributed by atoms with E-state index in [4.69, 9.17) is 4.74 Å². The molecule has 5 nitrogen and oxygen atoms in total. The van der Waals surface area contributed by atoms with E-state index in [-0.39, 0.29) is 18.6 Å². The quantitative estimate of drug-likeness (QED) is 0.779. The highest BCUT2D eigenvalue weighted by atomic mass is 16.5. The molecule has 1 unspecified atom stereocenters. The zero-order chi connectivity index (χ0) is 15.9. The number of carbonyl (C=O) groups excluding carboxylic acids is 1. The number of aliphatic carboxylic acids is 1. The molecule has 4 bridgehead atoms. The van der Waals surface area contributed by atoms with E-state index in [2.05, 4.69) is 25.7 Å². The molecule has 2 N–H and O–H groups in total. The highest BCUT2D eigenvalue weighted by molar-refractivity contribution is 5.92. The van der Waals surface area contributed by atoms with Crippen molar-refractivity contribution in [3.8, 4) is 0 Å². The van der Waals surface area contributed by atoms with Gasteiger partial charge in [-0.05, 0) is 30.1 Å². The van der Waals surface area contributed by atoms with Crippen LogP contribution in [0.15, 0.2) is 12.2 Å². The Morgan fingerprint density at radius 2 is 2.00 bits per heavy atom. The molecule has 0 radical (unpaired) electrons. The van der Waals surface area contributed by atoms with Gasteiger partial charge in [0.15, 0.2) is 0 Å². The van der Waals surface area contributed by atoms with Gasteiger partial charge in [0.2, 0.25) is 0 Å². The minimum absolute atomic E-state index is 0.0164. The maximum absolute atomic E-state index is 12.6. The topological polar surface area (TPSA) is 75.6 Å². The van der Waals surface area contributed by atoms with Crippen LogP contribution in [0.1, 0.15) is 39.5 Å². The molecule has 3 atom stereocenters. The maximum atomic E-state index is 12.6. The maximum Gasteiger partial charge on any atom is 0.312 e. The summed E-state index contributed by atoms with van der Waals surface area (Å²) in [5, 5.41) is 12.3. The van der Waals surface area contributed by atoms with E-state index in [0.717, 1.165) is 12.0 Å². The van der Waals surface area contributed by atoms with E-state index in [1.807, 2.05) is 0 Å². The zero-order valence-corrected chi connectivity index (χ0v) is 13.1. The monoisotopic (exact) mass is 305 g/mol. The van der Waals surface area contributed by atoms with Gasteiger partial charge < -0.3 is 15.2 Å². The summed E-state index contributed by atoms with van der Waals surface area (Å²) < 4.78 is 5.57. The van der Waals surface area contributed by atoms with Gasteiger partial charge in [-0.2, -0.15) is 0 Å². The summed E-state index contributed by atoms with van der Waals surface area (Å²) in [6, 6.07) is 0.0164. The second-order valence-electron chi connectivity index (χ2n) is 8.37. The Morgan fingerprint density at radius 3 is 2.50 bits per heavy atom. The van der Waals surface area contributed by atoms with E-state index in [9.17, 15) is 14.7 Å². The average Bonchev–Trinajstić information content (AvgIpc) is 2.97. The standard InChI is InChI=1S/C17H23NO4/c1-9-11-4-10(15(11,2)3)5-12(9)18-13(19)17-6-16(7-17,8-22-17)14(20)21/h10-12H,1,4-8H2,2-3H3,(H,18,19)(H,20,21)/t10-,11+,12?,16?,17?/m1/s1. The Morgan fingerprint density at radius 1 is 1.32 bits per heavy atom. The van der Waals surface area contributed by atoms with Gasteiger partial charge in [-0.15, -0.1) is 0 Å². The van der Waals surface area contributed by atoms with Crippen LogP contribution in [0.5, 0.6) is 0 Å². The van der Waals surface area contributed by atoms with E-state index in [0.29, 0.717) is 30.1 Å². The minimum Gasteiger partial charge on any atom is -0.481 e. The van der Waals surface area contributed by atoms with E-state index in [1.165, 1.54) is 6.42 Å². The Kier molecular flexibility index (Phi) is 2.55. The van der Waals surface area contributed by atoms with Gasteiger partial charge in [0.1, 0.15) is 5.60 Å². The van der Waals surface area contributed by atoms with Crippen molar-refractivity contribution in [3.63, 3.8) is 0 Å². The Bertz CT molecular complexity index is 587. The molecule has 2 saturated heterocycles. The lowest BCUT2D eigenvalue weighted by atomic mass is 9.46. The van der Waals surface area contributed by atoms with Gasteiger partial charge in [-0.25, -0.2) is 0 Å². The molecule has 2 heterocycles. The van der Waals surface area contributed by atoms with E-state index < -0.39 is 17.0 Å². The molecule has 4 saturated carbocycles.